The van der Waals surface area contributed by atoms with Crippen molar-refractivity contribution < 1.29 is 28.6 Å². The predicted octanol–water partition coefficient (Wildman–Crippen LogP) is 24.8. The first-order valence-corrected chi connectivity index (χ1v) is 35.9. The molecule has 1 atom stereocenters. The van der Waals surface area contributed by atoms with Crippen LogP contribution in [0.1, 0.15) is 374 Å². The second kappa shape index (κ2) is 70.3. The number of esters is 3. The fourth-order valence-corrected chi connectivity index (χ4v) is 10.6. The van der Waals surface area contributed by atoms with E-state index < -0.39 is 6.10 Å². The Bertz CT molecular complexity index is 1500. The number of allylic oxidation sites excluding steroid dienone is 12. The summed E-state index contributed by atoms with van der Waals surface area (Å²) in [7, 11) is 0. The van der Waals surface area contributed by atoms with E-state index in [4.69, 9.17) is 14.2 Å². The minimum Gasteiger partial charge on any atom is -0.462 e. The average Bonchev–Trinajstić information content (AvgIpc) is 3.47. The van der Waals surface area contributed by atoms with Gasteiger partial charge in [0.05, 0.1) is 0 Å². The van der Waals surface area contributed by atoms with Gasteiger partial charge in [-0.15, -0.1) is 0 Å². The van der Waals surface area contributed by atoms with Crippen LogP contribution in [-0.2, 0) is 28.6 Å². The van der Waals surface area contributed by atoms with E-state index in [1.807, 2.05) is 0 Å². The maximum Gasteiger partial charge on any atom is 0.306 e. The molecule has 0 aromatic rings. The Morgan fingerprint density at radius 3 is 0.744 bits per heavy atom. The molecule has 6 nitrogen and oxygen atoms in total. The Kier molecular flexibility index (Phi) is 67.6. The highest BCUT2D eigenvalue weighted by atomic mass is 16.6. The SMILES string of the molecule is CC/C=C\C/C=C\C/C=C\C/C=C\CCCCCCCCCCCCCCCCC(=O)OC(COC(=O)CCCCCCCC)COC(=O)CCCCCCCCCCCCCCCCCCCCC/C=C\C/C=C\CCCCCCC. The highest BCUT2D eigenvalue weighted by Gasteiger charge is 2.19. The smallest absolute Gasteiger partial charge is 0.306 e. The Morgan fingerprint density at radius 2 is 0.476 bits per heavy atom. The van der Waals surface area contributed by atoms with Gasteiger partial charge in [0.15, 0.2) is 6.10 Å². The molecule has 476 valence electrons. The number of carbonyl (C=O) groups excluding carboxylic acids is 3. The zero-order valence-electron chi connectivity index (χ0n) is 54.8. The molecule has 0 saturated heterocycles. The van der Waals surface area contributed by atoms with Crippen LogP contribution in [0.25, 0.3) is 0 Å². The topological polar surface area (TPSA) is 78.9 Å². The number of unbranched alkanes of at least 4 members (excludes halogenated alkanes) is 43. The first-order valence-electron chi connectivity index (χ1n) is 35.9. The van der Waals surface area contributed by atoms with E-state index in [1.54, 1.807) is 0 Å². The van der Waals surface area contributed by atoms with Crippen molar-refractivity contribution in [3.05, 3.63) is 72.9 Å². The molecule has 0 aliphatic carbocycles. The second-order valence-electron chi connectivity index (χ2n) is 24.1. The third-order valence-corrected chi connectivity index (χ3v) is 15.9. The highest BCUT2D eigenvalue weighted by molar-refractivity contribution is 5.71. The third-order valence-electron chi connectivity index (χ3n) is 15.9. The van der Waals surface area contributed by atoms with Crippen LogP contribution in [0.3, 0.4) is 0 Å². The molecule has 0 amide bonds. The van der Waals surface area contributed by atoms with Crippen LogP contribution in [-0.4, -0.2) is 37.2 Å². The van der Waals surface area contributed by atoms with Crippen LogP contribution >= 0.6 is 0 Å². The lowest BCUT2D eigenvalue weighted by Gasteiger charge is -2.18. The fraction of sp³-hybridized carbons (Fsp3) is 0.803. The van der Waals surface area contributed by atoms with Gasteiger partial charge in [-0.25, -0.2) is 0 Å². The van der Waals surface area contributed by atoms with Gasteiger partial charge >= 0.3 is 17.9 Å². The van der Waals surface area contributed by atoms with Gasteiger partial charge < -0.3 is 14.2 Å². The number of hydrogen-bond acceptors (Lipinski definition) is 6. The molecule has 1 unspecified atom stereocenters. The standard InChI is InChI=1S/C76H136O6/c1-4-7-10-13-16-18-20-22-24-26-28-30-32-34-36-37-38-39-41-42-44-46-48-50-52-54-56-58-60-63-66-69-75(78)81-72-73(71-80-74(77)68-65-62-15-12-9-6-3)82-76(79)70-67-64-61-59-57-55-53-51-49-47-45-43-40-35-33-31-29-27-25-23-21-19-17-14-11-8-5-2/h8,11,17,19-20,22-23,25-26,28-29,31,73H,4-7,9-10,12-16,18,21,24,27,30,32-72H2,1-3H3/b11-8-,19-17-,22-20-,25-23-,28-26-,31-29-. The molecular formula is C76H136O6. The fourth-order valence-electron chi connectivity index (χ4n) is 10.6. The summed E-state index contributed by atoms with van der Waals surface area (Å²) >= 11 is 0. The molecule has 0 heterocycles. The van der Waals surface area contributed by atoms with Crippen molar-refractivity contribution in [1.82, 2.24) is 0 Å². The Balaban J connectivity index is 3.98. The molecule has 0 fully saturated rings. The van der Waals surface area contributed by atoms with Crippen LogP contribution in [0.5, 0.6) is 0 Å². The minimum absolute atomic E-state index is 0.0705. The van der Waals surface area contributed by atoms with Gasteiger partial charge in [0.2, 0.25) is 0 Å². The summed E-state index contributed by atoms with van der Waals surface area (Å²) in [5.41, 5.74) is 0. The summed E-state index contributed by atoms with van der Waals surface area (Å²) < 4.78 is 16.9. The number of ether oxygens (including phenoxy) is 3. The molecule has 0 aromatic carbocycles. The van der Waals surface area contributed by atoms with E-state index in [0.29, 0.717) is 19.3 Å². The number of rotatable bonds is 66. The van der Waals surface area contributed by atoms with Gasteiger partial charge in [0.25, 0.3) is 0 Å². The molecule has 0 rings (SSSR count). The van der Waals surface area contributed by atoms with Crippen LogP contribution in [0, 0.1) is 0 Å². The second-order valence-corrected chi connectivity index (χ2v) is 24.1. The predicted molar refractivity (Wildman–Crippen MR) is 358 cm³/mol. The van der Waals surface area contributed by atoms with E-state index in [9.17, 15) is 14.4 Å². The first-order chi connectivity index (χ1) is 40.5. The summed E-state index contributed by atoms with van der Waals surface area (Å²) in [6, 6.07) is 0. The van der Waals surface area contributed by atoms with Crippen molar-refractivity contribution in [3.63, 3.8) is 0 Å². The Labute approximate surface area is 510 Å². The quantitative estimate of drug-likeness (QED) is 0.0261. The van der Waals surface area contributed by atoms with Crippen molar-refractivity contribution in [2.75, 3.05) is 13.2 Å². The maximum atomic E-state index is 12.9. The monoisotopic (exact) mass is 1150 g/mol. The van der Waals surface area contributed by atoms with Gasteiger partial charge in [0.1, 0.15) is 13.2 Å². The van der Waals surface area contributed by atoms with Crippen LogP contribution in [0.2, 0.25) is 0 Å². The van der Waals surface area contributed by atoms with E-state index in [1.165, 1.54) is 244 Å². The lowest BCUT2D eigenvalue weighted by atomic mass is 10.0. The molecule has 0 aromatic heterocycles. The average molecular weight is 1150 g/mol. The van der Waals surface area contributed by atoms with Gasteiger partial charge in [-0.05, 0) is 89.9 Å². The van der Waals surface area contributed by atoms with Crippen LogP contribution in [0.15, 0.2) is 72.9 Å². The molecule has 0 radical (unpaired) electrons. The van der Waals surface area contributed by atoms with Crippen molar-refractivity contribution in [2.24, 2.45) is 0 Å². The number of hydrogen-bond donors (Lipinski definition) is 0. The lowest BCUT2D eigenvalue weighted by Crippen LogP contribution is -2.30. The summed E-state index contributed by atoms with van der Waals surface area (Å²) in [6.07, 6.45) is 92.7. The summed E-state index contributed by atoms with van der Waals surface area (Å²) in [5, 5.41) is 0. The summed E-state index contributed by atoms with van der Waals surface area (Å²) in [6.45, 7) is 6.51. The largest absolute Gasteiger partial charge is 0.462 e. The van der Waals surface area contributed by atoms with E-state index in [0.717, 1.165) is 89.9 Å². The molecule has 0 N–H and O–H groups in total. The molecule has 0 bridgehead atoms. The van der Waals surface area contributed by atoms with Crippen molar-refractivity contribution in [1.29, 1.82) is 0 Å². The van der Waals surface area contributed by atoms with Gasteiger partial charge in [-0.1, -0.05) is 338 Å². The van der Waals surface area contributed by atoms with Crippen molar-refractivity contribution >= 4 is 17.9 Å². The van der Waals surface area contributed by atoms with Crippen molar-refractivity contribution in [2.45, 2.75) is 380 Å². The maximum absolute atomic E-state index is 12.9. The molecular weight excluding hydrogens is 1010 g/mol. The molecule has 82 heavy (non-hydrogen) atoms. The zero-order valence-corrected chi connectivity index (χ0v) is 54.8. The molecule has 0 aliphatic heterocycles. The minimum atomic E-state index is -0.771. The molecule has 0 saturated carbocycles. The van der Waals surface area contributed by atoms with Crippen molar-refractivity contribution in [3.8, 4) is 0 Å². The van der Waals surface area contributed by atoms with E-state index in [2.05, 4.69) is 93.7 Å². The van der Waals surface area contributed by atoms with E-state index >= 15 is 0 Å². The zero-order chi connectivity index (χ0) is 59.2. The van der Waals surface area contributed by atoms with Gasteiger partial charge in [-0.3, -0.25) is 14.4 Å². The van der Waals surface area contributed by atoms with Gasteiger partial charge in [0, 0.05) is 19.3 Å². The normalized spacial score (nSPS) is 12.5. The van der Waals surface area contributed by atoms with Gasteiger partial charge in [-0.2, -0.15) is 0 Å². The molecule has 6 heteroatoms. The molecule has 0 spiro atoms. The molecule has 0 aliphatic rings. The Hall–Kier alpha value is -3.15. The highest BCUT2D eigenvalue weighted by Crippen LogP contribution is 2.18. The summed E-state index contributed by atoms with van der Waals surface area (Å²) in [5.74, 6) is -0.861. The lowest BCUT2D eigenvalue weighted by molar-refractivity contribution is -0.167. The van der Waals surface area contributed by atoms with E-state index in [-0.39, 0.29) is 31.1 Å². The summed E-state index contributed by atoms with van der Waals surface area (Å²) in [4.78, 5) is 38.1. The third kappa shape index (κ3) is 67.6. The number of carbonyl (C=O) groups is 3. The Morgan fingerprint density at radius 1 is 0.256 bits per heavy atom. The van der Waals surface area contributed by atoms with Crippen LogP contribution in [0.4, 0.5) is 0 Å². The van der Waals surface area contributed by atoms with Crippen LogP contribution < -0.4 is 0 Å². The first kappa shape index (κ1) is 78.8.